The minimum atomic E-state index is -0.433. The molecular weight excluding hydrogens is 446 g/mol. The Bertz CT molecular complexity index is 1140. The molecular formula is C27H31N3O3S. The maximum absolute atomic E-state index is 12.9. The van der Waals surface area contributed by atoms with Gasteiger partial charge in [0, 0.05) is 23.5 Å². The number of benzene rings is 2. The maximum Gasteiger partial charge on any atom is 0.294 e. The van der Waals surface area contributed by atoms with E-state index in [9.17, 15) is 14.4 Å². The number of carbonyl (C=O) groups excluding carboxylic acids is 3. The molecule has 34 heavy (non-hydrogen) atoms. The standard InChI is InChI=1S/C27H31N3O3S/c1-5-13-30-22-12-11-19(14-21(22)18(2)16-27(30,3)4)15-23-25(32)29(26(33)34-23)17-24(31)28-20-9-7-6-8-10-20/h6-12,14-15,18H,5,13,16-17H2,1-4H3,(H,28,31)/b23-15+. The van der Waals surface area contributed by atoms with E-state index in [1.165, 1.54) is 11.3 Å². The zero-order chi connectivity index (χ0) is 24.5. The molecule has 0 aromatic heterocycles. The summed E-state index contributed by atoms with van der Waals surface area (Å²) in [4.78, 5) is 41.6. The second kappa shape index (κ2) is 9.66. The van der Waals surface area contributed by atoms with E-state index >= 15 is 0 Å². The van der Waals surface area contributed by atoms with E-state index in [1.54, 1.807) is 30.3 Å². The number of hydrogen-bond acceptors (Lipinski definition) is 5. The van der Waals surface area contributed by atoms with Crippen LogP contribution in [0.25, 0.3) is 6.08 Å². The van der Waals surface area contributed by atoms with Crippen LogP contribution in [-0.2, 0) is 9.59 Å². The van der Waals surface area contributed by atoms with Crippen LogP contribution >= 0.6 is 11.8 Å². The number of carbonyl (C=O) groups is 3. The van der Waals surface area contributed by atoms with Gasteiger partial charge >= 0.3 is 0 Å². The van der Waals surface area contributed by atoms with Gasteiger partial charge in [-0.25, -0.2) is 0 Å². The van der Waals surface area contributed by atoms with Crippen LogP contribution in [0.5, 0.6) is 0 Å². The lowest BCUT2D eigenvalue weighted by Crippen LogP contribution is -2.48. The molecule has 2 aliphatic rings. The van der Waals surface area contributed by atoms with E-state index in [2.05, 4.69) is 50.0 Å². The number of rotatable bonds is 6. The lowest BCUT2D eigenvalue weighted by molar-refractivity contribution is -0.127. The first-order valence-corrected chi connectivity index (χ1v) is 12.5. The number of thioether (sulfide) groups is 1. The predicted molar refractivity (Wildman–Crippen MR) is 139 cm³/mol. The van der Waals surface area contributed by atoms with Gasteiger partial charge < -0.3 is 10.2 Å². The second-order valence-corrected chi connectivity index (χ2v) is 10.6. The molecule has 1 saturated heterocycles. The summed E-state index contributed by atoms with van der Waals surface area (Å²) >= 11 is 0.880. The molecule has 178 valence electrons. The van der Waals surface area contributed by atoms with Gasteiger partial charge in [-0.05, 0) is 85.8 Å². The van der Waals surface area contributed by atoms with Crippen LogP contribution in [0, 0.1) is 0 Å². The van der Waals surface area contributed by atoms with Crippen molar-refractivity contribution < 1.29 is 14.4 Å². The van der Waals surface area contributed by atoms with Gasteiger partial charge in [-0.1, -0.05) is 38.1 Å². The lowest BCUT2D eigenvalue weighted by Gasteiger charge is -2.47. The van der Waals surface area contributed by atoms with E-state index in [0.29, 0.717) is 16.5 Å². The van der Waals surface area contributed by atoms with E-state index in [1.807, 2.05) is 12.1 Å². The number of imide groups is 1. The molecule has 2 aromatic rings. The van der Waals surface area contributed by atoms with Gasteiger partial charge in [-0.15, -0.1) is 0 Å². The van der Waals surface area contributed by atoms with Crippen molar-refractivity contribution in [2.24, 2.45) is 0 Å². The fraction of sp³-hybridized carbons (Fsp3) is 0.370. The Kier molecular flexibility index (Phi) is 6.84. The van der Waals surface area contributed by atoms with Crippen molar-refractivity contribution >= 4 is 46.3 Å². The average molecular weight is 478 g/mol. The minimum absolute atomic E-state index is 0.0902. The van der Waals surface area contributed by atoms with E-state index < -0.39 is 17.1 Å². The Morgan fingerprint density at radius 2 is 1.91 bits per heavy atom. The molecule has 1 unspecified atom stereocenters. The molecule has 1 atom stereocenters. The highest BCUT2D eigenvalue weighted by Gasteiger charge is 2.37. The van der Waals surface area contributed by atoms with Crippen LogP contribution in [0.15, 0.2) is 53.4 Å². The molecule has 7 heteroatoms. The van der Waals surface area contributed by atoms with Crippen LogP contribution in [0.2, 0.25) is 0 Å². The van der Waals surface area contributed by atoms with Crippen molar-refractivity contribution in [3.05, 3.63) is 64.6 Å². The van der Waals surface area contributed by atoms with Crippen LogP contribution in [0.4, 0.5) is 16.2 Å². The van der Waals surface area contributed by atoms with Crippen LogP contribution < -0.4 is 10.2 Å². The third kappa shape index (κ3) is 4.89. The zero-order valence-corrected chi connectivity index (χ0v) is 20.9. The normalized spacial score (nSPS) is 20.6. The Balaban J connectivity index is 1.52. The highest BCUT2D eigenvalue weighted by molar-refractivity contribution is 8.18. The number of nitrogens with zero attached hydrogens (tertiary/aromatic N) is 2. The van der Waals surface area contributed by atoms with Crippen LogP contribution in [-0.4, -0.2) is 40.6 Å². The van der Waals surface area contributed by atoms with Gasteiger partial charge in [0.1, 0.15) is 6.54 Å². The fourth-order valence-corrected chi connectivity index (χ4v) is 5.74. The number of fused-ring (bicyclic) bond motifs is 1. The van der Waals surface area contributed by atoms with Crippen LogP contribution in [0.1, 0.15) is 57.6 Å². The Labute approximate surface area is 205 Å². The maximum atomic E-state index is 12.9. The summed E-state index contributed by atoms with van der Waals surface area (Å²) in [7, 11) is 0. The molecule has 2 aliphatic heterocycles. The minimum Gasteiger partial charge on any atom is -0.366 e. The molecule has 2 aromatic carbocycles. The topological polar surface area (TPSA) is 69.7 Å². The van der Waals surface area contributed by atoms with Gasteiger partial charge in [0.15, 0.2) is 0 Å². The molecule has 6 nitrogen and oxygen atoms in total. The fourth-order valence-electron chi connectivity index (χ4n) is 4.90. The van der Waals surface area contributed by atoms with Gasteiger partial charge in [-0.3, -0.25) is 19.3 Å². The molecule has 0 radical (unpaired) electrons. The summed E-state index contributed by atoms with van der Waals surface area (Å²) in [5, 5.41) is 2.29. The number of nitrogens with one attached hydrogen (secondary N) is 1. The molecule has 0 bridgehead atoms. The van der Waals surface area contributed by atoms with Crippen molar-refractivity contribution in [2.45, 2.75) is 52.0 Å². The van der Waals surface area contributed by atoms with E-state index in [0.717, 1.165) is 41.6 Å². The number of amides is 3. The highest BCUT2D eigenvalue weighted by Crippen LogP contribution is 2.44. The first-order chi connectivity index (χ1) is 16.2. The average Bonchev–Trinajstić information content (AvgIpc) is 3.04. The first kappa shape index (κ1) is 24.1. The summed E-state index contributed by atoms with van der Waals surface area (Å²) in [6.45, 7) is 9.71. The Morgan fingerprint density at radius 1 is 1.18 bits per heavy atom. The highest BCUT2D eigenvalue weighted by atomic mass is 32.2. The molecule has 4 rings (SSSR count). The zero-order valence-electron chi connectivity index (χ0n) is 20.1. The van der Waals surface area contributed by atoms with Crippen molar-refractivity contribution in [1.29, 1.82) is 0 Å². The molecule has 0 spiro atoms. The quantitative estimate of drug-likeness (QED) is 0.528. The third-order valence-electron chi connectivity index (χ3n) is 6.39. The van der Waals surface area contributed by atoms with Gasteiger partial charge in [0.2, 0.25) is 5.91 Å². The monoisotopic (exact) mass is 477 g/mol. The SMILES string of the molecule is CCCN1c2ccc(/C=C3/SC(=O)N(CC(=O)Nc4ccccc4)C3=O)cc2C(C)CC1(C)C. The number of anilines is 2. The summed E-state index contributed by atoms with van der Waals surface area (Å²) in [6.07, 6.45) is 3.89. The first-order valence-electron chi connectivity index (χ1n) is 11.7. The second-order valence-electron chi connectivity index (χ2n) is 9.57. The van der Waals surface area contributed by atoms with E-state index in [-0.39, 0.29) is 12.1 Å². The largest absolute Gasteiger partial charge is 0.366 e. The van der Waals surface area contributed by atoms with Gasteiger partial charge in [-0.2, -0.15) is 0 Å². The van der Waals surface area contributed by atoms with Crippen molar-refractivity contribution in [3.63, 3.8) is 0 Å². The molecule has 2 heterocycles. The summed E-state index contributed by atoms with van der Waals surface area (Å²) in [5.74, 6) is -0.447. The van der Waals surface area contributed by atoms with Gasteiger partial charge in [0.25, 0.3) is 11.1 Å². The summed E-state index contributed by atoms with van der Waals surface area (Å²) in [5.41, 5.74) is 4.11. The molecule has 0 aliphatic carbocycles. The summed E-state index contributed by atoms with van der Waals surface area (Å²) in [6, 6.07) is 15.2. The molecule has 3 amide bonds. The third-order valence-corrected chi connectivity index (χ3v) is 7.29. The molecule has 1 fully saturated rings. The number of para-hydroxylation sites is 1. The predicted octanol–water partition coefficient (Wildman–Crippen LogP) is 5.86. The van der Waals surface area contributed by atoms with E-state index in [4.69, 9.17) is 0 Å². The Hall–Kier alpha value is -3.06. The van der Waals surface area contributed by atoms with Crippen molar-refractivity contribution in [1.82, 2.24) is 4.90 Å². The van der Waals surface area contributed by atoms with Crippen molar-refractivity contribution in [2.75, 3.05) is 23.3 Å². The summed E-state index contributed by atoms with van der Waals surface area (Å²) < 4.78 is 0. The lowest BCUT2D eigenvalue weighted by atomic mass is 9.79. The van der Waals surface area contributed by atoms with Crippen LogP contribution in [0.3, 0.4) is 0 Å². The van der Waals surface area contributed by atoms with Crippen molar-refractivity contribution in [3.8, 4) is 0 Å². The number of hydrogen-bond donors (Lipinski definition) is 1. The van der Waals surface area contributed by atoms with Gasteiger partial charge in [0.05, 0.1) is 4.91 Å². The Morgan fingerprint density at radius 3 is 2.62 bits per heavy atom. The molecule has 1 N–H and O–H groups in total. The smallest absolute Gasteiger partial charge is 0.294 e. The molecule has 0 saturated carbocycles.